The normalized spacial score (nSPS) is 11.8. The summed E-state index contributed by atoms with van der Waals surface area (Å²) in [5.74, 6) is 0.621. The molecule has 0 aliphatic heterocycles. The van der Waals surface area contributed by atoms with Gasteiger partial charge in [-0.1, -0.05) is 15.9 Å². The molecule has 106 valence electrons. The van der Waals surface area contributed by atoms with Gasteiger partial charge in [0.25, 0.3) is 0 Å². The predicted molar refractivity (Wildman–Crippen MR) is 78.6 cm³/mol. The monoisotopic (exact) mass is 330 g/mol. The van der Waals surface area contributed by atoms with E-state index in [2.05, 4.69) is 26.6 Å². The number of halogens is 1. The van der Waals surface area contributed by atoms with Crippen LogP contribution in [0.25, 0.3) is 0 Å². The summed E-state index contributed by atoms with van der Waals surface area (Å²) in [6.45, 7) is 4.29. The molecule has 0 aliphatic rings. The number of rotatable bonds is 6. The first-order chi connectivity index (χ1) is 9.06. The number of nitrogens with one attached hydrogen (secondary N) is 2. The van der Waals surface area contributed by atoms with Gasteiger partial charge in [-0.25, -0.2) is 4.79 Å². The first-order valence-electron chi connectivity index (χ1n) is 6.17. The van der Waals surface area contributed by atoms with Gasteiger partial charge in [-0.3, -0.25) is 0 Å². The lowest BCUT2D eigenvalue weighted by atomic mass is 10.2. The summed E-state index contributed by atoms with van der Waals surface area (Å²) in [4.78, 5) is 11.8. The van der Waals surface area contributed by atoms with Gasteiger partial charge in [-0.15, -0.1) is 0 Å². The van der Waals surface area contributed by atoms with Crippen molar-refractivity contribution in [2.24, 2.45) is 0 Å². The van der Waals surface area contributed by atoms with Crippen molar-refractivity contribution < 1.29 is 14.6 Å². The van der Waals surface area contributed by atoms with Gasteiger partial charge < -0.3 is 20.5 Å². The van der Waals surface area contributed by atoms with Crippen molar-refractivity contribution in [3.63, 3.8) is 0 Å². The van der Waals surface area contributed by atoms with E-state index in [0.29, 0.717) is 24.5 Å². The second-order valence-electron chi connectivity index (χ2n) is 4.09. The zero-order valence-corrected chi connectivity index (χ0v) is 12.7. The molecule has 0 saturated carbocycles. The van der Waals surface area contributed by atoms with Crippen LogP contribution in [0.15, 0.2) is 22.7 Å². The van der Waals surface area contributed by atoms with E-state index in [4.69, 9.17) is 9.84 Å². The van der Waals surface area contributed by atoms with Crippen LogP contribution in [-0.2, 0) is 0 Å². The van der Waals surface area contributed by atoms with Gasteiger partial charge in [0.2, 0.25) is 0 Å². The number of amides is 2. The number of benzene rings is 1. The fourth-order valence-corrected chi connectivity index (χ4v) is 1.89. The van der Waals surface area contributed by atoms with E-state index in [1.165, 1.54) is 0 Å². The minimum absolute atomic E-state index is 0.0442. The average molecular weight is 331 g/mol. The topological polar surface area (TPSA) is 70.6 Å². The predicted octanol–water partition coefficient (Wildman–Crippen LogP) is 2.74. The van der Waals surface area contributed by atoms with Crippen LogP contribution in [0.5, 0.6) is 5.75 Å². The number of hydrogen-bond acceptors (Lipinski definition) is 3. The molecule has 0 unspecified atom stereocenters. The molecule has 19 heavy (non-hydrogen) atoms. The molecular weight excluding hydrogens is 312 g/mol. The Morgan fingerprint density at radius 1 is 1.53 bits per heavy atom. The van der Waals surface area contributed by atoms with Crippen molar-refractivity contribution in [3.05, 3.63) is 22.7 Å². The highest BCUT2D eigenvalue weighted by Crippen LogP contribution is 2.28. The molecule has 1 aromatic carbocycles. The lowest BCUT2D eigenvalue weighted by Gasteiger charge is -2.15. The Labute approximate surface area is 121 Å². The van der Waals surface area contributed by atoms with Gasteiger partial charge in [-0.05, 0) is 38.5 Å². The third kappa shape index (κ3) is 5.48. The highest BCUT2D eigenvalue weighted by molar-refractivity contribution is 9.10. The molecule has 0 radical (unpaired) electrons. The molecule has 1 atom stereocenters. The van der Waals surface area contributed by atoms with Crippen LogP contribution in [0.2, 0.25) is 0 Å². The number of aliphatic hydroxyl groups excluding tert-OH is 1. The first-order valence-corrected chi connectivity index (χ1v) is 6.96. The third-order valence-corrected chi connectivity index (χ3v) is 2.92. The number of hydrogen-bond donors (Lipinski definition) is 3. The standard InChI is InChI=1S/C13H19BrN2O3/c1-3-19-12-5-4-10(14)8-11(12)16-13(18)15-9(2)6-7-17/h4-5,8-9,17H,3,6-7H2,1-2H3,(H2,15,16,18)/t9-/m1/s1. The van der Waals surface area contributed by atoms with Crippen LogP contribution in [0.3, 0.4) is 0 Å². The summed E-state index contributed by atoms with van der Waals surface area (Å²) >= 11 is 3.35. The van der Waals surface area contributed by atoms with Crippen molar-refractivity contribution in [2.75, 3.05) is 18.5 Å². The molecule has 0 fully saturated rings. The number of urea groups is 1. The van der Waals surface area contributed by atoms with Gasteiger partial charge in [0.05, 0.1) is 12.3 Å². The second kappa shape index (κ2) is 8.01. The third-order valence-electron chi connectivity index (χ3n) is 2.43. The van der Waals surface area contributed by atoms with E-state index < -0.39 is 0 Å². The van der Waals surface area contributed by atoms with Gasteiger partial charge in [-0.2, -0.15) is 0 Å². The minimum Gasteiger partial charge on any atom is -0.492 e. The van der Waals surface area contributed by atoms with Crippen LogP contribution in [0, 0.1) is 0 Å². The van der Waals surface area contributed by atoms with E-state index in [9.17, 15) is 4.79 Å². The summed E-state index contributed by atoms with van der Waals surface area (Å²) in [6.07, 6.45) is 0.518. The molecule has 6 heteroatoms. The maximum absolute atomic E-state index is 11.8. The zero-order chi connectivity index (χ0) is 14.3. The Morgan fingerprint density at radius 2 is 2.26 bits per heavy atom. The molecule has 0 heterocycles. The minimum atomic E-state index is -0.319. The van der Waals surface area contributed by atoms with Crippen molar-refractivity contribution in [1.29, 1.82) is 0 Å². The van der Waals surface area contributed by atoms with Crippen molar-refractivity contribution in [1.82, 2.24) is 5.32 Å². The van der Waals surface area contributed by atoms with Gasteiger partial charge in [0, 0.05) is 17.1 Å². The molecule has 1 rings (SSSR count). The summed E-state index contributed by atoms with van der Waals surface area (Å²) < 4.78 is 6.30. The van der Waals surface area contributed by atoms with Gasteiger partial charge in [0.15, 0.2) is 0 Å². The van der Waals surface area contributed by atoms with Crippen LogP contribution in [-0.4, -0.2) is 30.4 Å². The highest BCUT2D eigenvalue weighted by atomic mass is 79.9. The van der Waals surface area contributed by atoms with E-state index in [1.807, 2.05) is 19.9 Å². The molecule has 1 aromatic rings. The molecule has 0 spiro atoms. The maximum Gasteiger partial charge on any atom is 0.319 e. The number of carbonyl (C=O) groups is 1. The summed E-state index contributed by atoms with van der Waals surface area (Å²) in [5.41, 5.74) is 0.602. The Morgan fingerprint density at radius 3 is 2.89 bits per heavy atom. The van der Waals surface area contributed by atoms with Crippen LogP contribution >= 0.6 is 15.9 Å². The van der Waals surface area contributed by atoms with Crippen LogP contribution in [0.1, 0.15) is 20.3 Å². The number of anilines is 1. The number of aliphatic hydroxyl groups is 1. The molecule has 0 aromatic heterocycles. The maximum atomic E-state index is 11.8. The van der Waals surface area contributed by atoms with Crippen molar-refractivity contribution in [3.8, 4) is 5.75 Å². The van der Waals surface area contributed by atoms with Gasteiger partial charge >= 0.3 is 6.03 Å². The molecule has 0 saturated heterocycles. The van der Waals surface area contributed by atoms with E-state index in [-0.39, 0.29) is 18.7 Å². The van der Waals surface area contributed by atoms with Crippen LogP contribution in [0.4, 0.5) is 10.5 Å². The quantitative estimate of drug-likeness (QED) is 0.751. The Hall–Kier alpha value is -1.27. The number of carbonyl (C=O) groups excluding carboxylic acids is 1. The first kappa shape index (κ1) is 15.8. The van der Waals surface area contributed by atoms with Gasteiger partial charge in [0.1, 0.15) is 5.75 Å². The lowest BCUT2D eigenvalue weighted by molar-refractivity contribution is 0.241. The fraction of sp³-hybridized carbons (Fsp3) is 0.462. The summed E-state index contributed by atoms with van der Waals surface area (Å²) in [5, 5.41) is 14.3. The molecular formula is C13H19BrN2O3. The Bertz CT molecular complexity index is 426. The van der Waals surface area contributed by atoms with Crippen molar-refractivity contribution >= 4 is 27.6 Å². The second-order valence-corrected chi connectivity index (χ2v) is 5.00. The summed E-state index contributed by atoms with van der Waals surface area (Å²) in [6, 6.07) is 5.01. The molecule has 2 amide bonds. The fourth-order valence-electron chi connectivity index (χ4n) is 1.53. The molecule has 3 N–H and O–H groups in total. The summed E-state index contributed by atoms with van der Waals surface area (Å²) in [7, 11) is 0. The smallest absolute Gasteiger partial charge is 0.319 e. The molecule has 0 bridgehead atoms. The van der Waals surface area contributed by atoms with Crippen molar-refractivity contribution in [2.45, 2.75) is 26.3 Å². The Balaban J connectivity index is 2.69. The molecule has 5 nitrogen and oxygen atoms in total. The average Bonchev–Trinajstić information content (AvgIpc) is 2.32. The highest BCUT2D eigenvalue weighted by Gasteiger charge is 2.10. The van der Waals surface area contributed by atoms with E-state index in [1.54, 1.807) is 12.1 Å². The van der Waals surface area contributed by atoms with E-state index >= 15 is 0 Å². The zero-order valence-electron chi connectivity index (χ0n) is 11.1. The largest absolute Gasteiger partial charge is 0.492 e. The van der Waals surface area contributed by atoms with E-state index in [0.717, 1.165) is 4.47 Å². The number of ether oxygens (including phenoxy) is 1. The molecule has 0 aliphatic carbocycles. The van der Waals surface area contributed by atoms with Crippen LogP contribution < -0.4 is 15.4 Å². The lowest BCUT2D eigenvalue weighted by Crippen LogP contribution is -2.36. The Kier molecular flexibility index (Phi) is 6.66. The SMILES string of the molecule is CCOc1ccc(Br)cc1NC(=O)N[C@H](C)CCO.